The lowest BCUT2D eigenvalue weighted by atomic mass is 10.4. The van der Waals surface area contributed by atoms with Crippen LogP contribution in [-0.4, -0.2) is 50.5 Å². The van der Waals surface area contributed by atoms with Crippen LogP contribution in [0.3, 0.4) is 0 Å². The molecule has 0 aliphatic carbocycles. The zero-order valence-electron chi connectivity index (χ0n) is 7.94. The molecule has 9 heteroatoms. The first-order chi connectivity index (χ1) is 6.04. The molecule has 0 radical (unpaired) electrons. The Morgan fingerprint density at radius 1 is 1.14 bits per heavy atom. The van der Waals surface area contributed by atoms with Crippen molar-refractivity contribution in [1.29, 1.82) is 0 Å². The first-order valence-corrected chi connectivity index (χ1v) is 7.28. The van der Waals surface area contributed by atoms with E-state index < -0.39 is 27.1 Å². The maximum absolute atomic E-state index is 10.9. The largest absolute Gasteiger partial charge is 0.342 e. The molecule has 0 heterocycles. The van der Waals surface area contributed by atoms with E-state index in [2.05, 4.69) is 0 Å². The summed E-state index contributed by atoms with van der Waals surface area (Å²) in [7, 11) is -5.64. The third-order valence-corrected chi connectivity index (χ3v) is 4.00. The van der Waals surface area contributed by atoms with Gasteiger partial charge in [0.2, 0.25) is 0 Å². The summed E-state index contributed by atoms with van der Waals surface area (Å²) < 4.78 is 21.4. The van der Waals surface area contributed by atoms with Gasteiger partial charge in [-0.1, -0.05) is 0 Å². The van der Waals surface area contributed by atoms with Crippen LogP contribution in [0.5, 0.6) is 0 Å². The average Bonchev–Trinajstić information content (AvgIpc) is 1.79. The summed E-state index contributed by atoms with van der Waals surface area (Å²) >= 11 is 0. The summed E-state index contributed by atoms with van der Waals surface area (Å²) in [6, 6.07) is 0. The summed E-state index contributed by atoms with van der Waals surface area (Å²) in [6.45, 7) is 0. The Morgan fingerprint density at radius 2 is 1.57 bits per heavy atom. The fraction of sp³-hybridized carbons (Fsp3) is 1.00. The molecule has 0 saturated heterocycles. The highest BCUT2D eigenvalue weighted by Gasteiger charge is 2.32. The van der Waals surface area contributed by atoms with Gasteiger partial charge in [0.1, 0.15) is 5.78 Å². The van der Waals surface area contributed by atoms with Gasteiger partial charge in [-0.2, -0.15) is 0 Å². The van der Waals surface area contributed by atoms with E-state index in [0.29, 0.717) is 0 Å². The molecule has 0 aromatic rings. The summed E-state index contributed by atoms with van der Waals surface area (Å²) in [5.41, 5.74) is 0. The Morgan fingerprint density at radius 3 is 1.79 bits per heavy atom. The van der Waals surface area contributed by atoms with Crippen LogP contribution in [0.2, 0.25) is 0 Å². The maximum atomic E-state index is 10.9. The first kappa shape index (κ1) is 14.3. The summed E-state index contributed by atoms with van der Waals surface area (Å²) in [6.07, 6.45) is -0.761. The summed E-state index contributed by atoms with van der Waals surface area (Å²) in [4.78, 5) is 36.1. The molecule has 7 nitrogen and oxygen atoms in total. The predicted molar refractivity (Wildman–Crippen MR) is 51.0 cm³/mol. The van der Waals surface area contributed by atoms with E-state index in [1.54, 1.807) is 0 Å². The topological polar surface area (TPSA) is 118 Å². The number of rotatable bonds is 5. The Labute approximate surface area is 82.1 Å². The molecule has 1 unspecified atom stereocenters. The van der Waals surface area contributed by atoms with Crippen molar-refractivity contribution in [2.75, 3.05) is 20.3 Å². The minimum Gasteiger partial charge on any atom is -0.324 e. The van der Waals surface area contributed by atoms with Gasteiger partial charge in [-0.3, -0.25) is 14.0 Å². The molecule has 1 atom stereocenters. The van der Waals surface area contributed by atoms with Crippen molar-refractivity contribution in [3.05, 3.63) is 0 Å². The fourth-order valence-corrected chi connectivity index (χ4v) is 2.86. The molecule has 0 rings (SSSR count). The van der Waals surface area contributed by atoms with E-state index in [9.17, 15) is 9.13 Å². The van der Waals surface area contributed by atoms with Crippen LogP contribution in [-0.2, 0) is 9.13 Å². The van der Waals surface area contributed by atoms with Gasteiger partial charge < -0.3 is 19.6 Å². The van der Waals surface area contributed by atoms with Gasteiger partial charge >= 0.3 is 15.2 Å². The first-order valence-electron chi connectivity index (χ1n) is 3.80. The highest BCUT2D eigenvalue weighted by atomic mass is 31.2. The monoisotopic (exact) mass is 247 g/mol. The average molecular weight is 247 g/mol. The standard InChI is InChI=1S/C5H15NO6P2/c1-6(2)5(14(10,11)12)3-4-13(7,8)9/h5H,3-4H2,1-2H3,(H2,7,8,9)(H2,10,11,12). The Bertz CT molecular complexity index is 267. The normalized spacial score (nSPS) is 15.9. The lowest BCUT2D eigenvalue weighted by Crippen LogP contribution is -2.28. The molecule has 0 aliphatic rings. The third kappa shape index (κ3) is 5.88. The summed E-state index contributed by atoms with van der Waals surface area (Å²) in [5, 5.41) is 0. The Balaban J connectivity index is 4.43. The minimum atomic E-state index is -4.34. The Kier molecular flexibility index (Phi) is 4.95. The second kappa shape index (κ2) is 4.86. The van der Waals surface area contributed by atoms with Gasteiger partial charge in [0.15, 0.2) is 0 Å². The van der Waals surface area contributed by atoms with Crippen molar-refractivity contribution in [3.8, 4) is 0 Å². The number of nitrogens with zero attached hydrogens (tertiary/aromatic N) is 1. The predicted octanol–water partition coefficient (Wildman–Crippen LogP) is -0.380. The van der Waals surface area contributed by atoms with E-state index in [-0.39, 0.29) is 6.42 Å². The zero-order valence-corrected chi connectivity index (χ0v) is 9.73. The van der Waals surface area contributed by atoms with Crippen LogP contribution < -0.4 is 0 Å². The lowest BCUT2D eigenvalue weighted by molar-refractivity contribution is 0.276. The zero-order chi connectivity index (χ0) is 11.6. The summed E-state index contributed by atoms with van der Waals surface area (Å²) in [5.74, 6) is -1.14. The van der Waals surface area contributed by atoms with Crippen LogP contribution in [0, 0.1) is 0 Å². The van der Waals surface area contributed by atoms with Crippen molar-refractivity contribution >= 4 is 15.2 Å². The highest BCUT2D eigenvalue weighted by Crippen LogP contribution is 2.46. The van der Waals surface area contributed by atoms with Gasteiger partial charge in [-0.05, 0) is 20.5 Å². The van der Waals surface area contributed by atoms with Gasteiger partial charge in [0.05, 0.1) is 6.16 Å². The van der Waals surface area contributed by atoms with E-state index >= 15 is 0 Å². The second-order valence-corrected chi connectivity index (χ2v) is 6.76. The van der Waals surface area contributed by atoms with Crippen molar-refractivity contribution in [2.24, 2.45) is 0 Å². The number of hydrogen-bond acceptors (Lipinski definition) is 3. The van der Waals surface area contributed by atoms with Crippen LogP contribution in [0.1, 0.15) is 6.42 Å². The number of hydrogen-bond donors (Lipinski definition) is 4. The van der Waals surface area contributed by atoms with Gasteiger partial charge in [-0.25, -0.2) is 0 Å². The molecule has 0 fully saturated rings. The SMILES string of the molecule is CN(C)C(CCP(=O)(O)O)P(=O)(O)O. The molecule has 86 valence electrons. The van der Waals surface area contributed by atoms with Crippen LogP contribution in [0.25, 0.3) is 0 Å². The van der Waals surface area contributed by atoms with Crippen molar-refractivity contribution < 1.29 is 28.7 Å². The van der Waals surface area contributed by atoms with Crippen molar-refractivity contribution in [2.45, 2.75) is 12.2 Å². The van der Waals surface area contributed by atoms with Crippen LogP contribution >= 0.6 is 15.2 Å². The second-order valence-electron chi connectivity index (χ2n) is 3.21. The van der Waals surface area contributed by atoms with Crippen LogP contribution in [0.4, 0.5) is 0 Å². The lowest BCUT2D eigenvalue weighted by Gasteiger charge is -2.24. The van der Waals surface area contributed by atoms with Crippen LogP contribution in [0.15, 0.2) is 0 Å². The molecule has 0 aliphatic heterocycles. The molecule has 0 amide bonds. The maximum Gasteiger partial charge on any atom is 0.342 e. The molecular weight excluding hydrogens is 232 g/mol. The quantitative estimate of drug-likeness (QED) is 0.489. The molecule has 0 saturated carbocycles. The highest BCUT2D eigenvalue weighted by molar-refractivity contribution is 7.53. The Hall–Kier alpha value is 0.260. The third-order valence-electron chi connectivity index (χ3n) is 1.66. The van der Waals surface area contributed by atoms with Crippen molar-refractivity contribution in [3.63, 3.8) is 0 Å². The van der Waals surface area contributed by atoms with Gasteiger partial charge in [0.25, 0.3) is 0 Å². The molecule has 0 spiro atoms. The van der Waals surface area contributed by atoms with E-state index in [4.69, 9.17) is 19.6 Å². The molecular formula is C5H15NO6P2. The van der Waals surface area contributed by atoms with E-state index in [0.717, 1.165) is 0 Å². The molecule has 0 bridgehead atoms. The fourth-order valence-electron chi connectivity index (χ4n) is 1.01. The molecule has 14 heavy (non-hydrogen) atoms. The van der Waals surface area contributed by atoms with Gasteiger partial charge in [0, 0.05) is 0 Å². The molecule has 4 N–H and O–H groups in total. The smallest absolute Gasteiger partial charge is 0.324 e. The minimum absolute atomic E-state index is 0.235. The van der Waals surface area contributed by atoms with E-state index in [1.807, 2.05) is 0 Å². The van der Waals surface area contributed by atoms with Crippen molar-refractivity contribution in [1.82, 2.24) is 4.90 Å². The molecule has 0 aromatic carbocycles. The molecule has 0 aromatic heterocycles. The van der Waals surface area contributed by atoms with E-state index in [1.165, 1.54) is 19.0 Å². The van der Waals surface area contributed by atoms with Gasteiger partial charge in [-0.15, -0.1) is 0 Å².